The summed E-state index contributed by atoms with van der Waals surface area (Å²) in [4.78, 5) is 8.72. The first kappa shape index (κ1) is 38.4. The number of halogens is 2. The number of sulfonamides is 1. The molecule has 2 fully saturated rings. The van der Waals surface area contributed by atoms with Gasteiger partial charge in [0.2, 0.25) is 10.0 Å². The van der Waals surface area contributed by atoms with E-state index in [2.05, 4.69) is 40.5 Å². The summed E-state index contributed by atoms with van der Waals surface area (Å²) in [6.45, 7) is 3.30. The summed E-state index contributed by atoms with van der Waals surface area (Å²) in [6, 6.07) is 15.5. The van der Waals surface area contributed by atoms with Crippen LogP contribution >= 0.6 is 24.0 Å². The highest BCUT2D eigenvalue weighted by Gasteiger charge is 2.19. The summed E-state index contributed by atoms with van der Waals surface area (Å²) >= 11 is 7.23. The molecule has 2 saturated heterocycles. The van der Waals surface area contributed by atoms with E-state index >= 15 is 0 Å². The molecule has 53 heavy (non-hydrogen) atoms. The van der Waals surface area contributed by atoms with Gasteiger partial charge in [-0.1, -0.05) is 28.7 Å². The Labute approximate surface area is 317 Å². The van der Waals surface area contributed by atoms with Gasteiger partial charge in [0, 0.05) is 78.3 Å². The first-order valence-electron chi connectivity index (χ1n) is 16.5. The lowest BCUT2D eigenvalue weighted by atomic mass is 10.2. The van der Waals surface area contributed by atoms with Gasteiger partial charge in [0.1, 0.15) is 22.3 Å². The maximum atomic E-state index is 14.6. The predicted octanol–water partition coefficient (Wildman–Crippen LogP) is 2.84. The monoisotopic (exact) mass is 801 g/mol. The van der Waals surface area contributed by atoms with Crippen molar-refractivity contribution < 1.29 is 21.4 Å². The van der Waals surface area contributed by atoms with Gasteiger partial charge >= 0.3 is 0 Å². The summed E-state index contributed by atoms with van der Waals surface area (Å²) < 4.78 is 68.0. The molecule has 0 radical (unpaired) electrons. The van der Waals surface area contributed by atoms with Gasteiger partial charge in [-0.25, -0.2) is 31.3 Å². The third-order valence-electron chi connectivity index (χ3n) is 8.19. The Morgan fingerprint density at radius 2 is 1.42 bits per heavy atom. The summed E-state index contributed by atoms with van der Waals surface area (Å²) in [7, 11) is -4.14. The number of thioether (sulfide) groups is 1. The first-order valence-corrected chi connectivity index (χ1v) is 21.5. The highest BCUT2D eigenvalue weighted by Crippen LogP contribution is 2.25. The van der Waals surface area contributed by atoms with Crippen LogP contribution in [0, 0.1) is 11.6 Å². The molecule has 5 aromatic rings. The first-order chi connectivity index (χ1) is 25.5. The Morgan fingerprint density at radius 3 is 1.94 bits per heavy atom. The minimum atomic E-state index is -3.32. The van der Waals surface area contributed by atoms with E-state index in [1.807, 2.05) is 47.0 Å². The lowest BCUT2D eigenvalue weighted by Gasteiger charge is -2.28. The normalized spacial score (nSPS) is 15.2. The molecule has 0 aliphatic carbocycles. The lowest BCUT2D eigenvalue weighted by Crippen LogP contribution is -2.38. The van der Waals surface area contributed by atoms with E-state index < -0.39 is 26.6 Å². The van der Waals surface area contributed by atoms with Crippen LogP contribution in [0.15, 0.2) is 73.2 Å². The Hall–Kier alpha value is -4.37. The number of pyridine rings is 1. The van der Waals surface area contributed by atoms with Crippen molar-refractivity contribution in [2.45, 2.75) is 13.1 Å². The lowest BCUT2D eigenvalue weighted by molar-refractivity contribution is 0.586. The molecule has 2 aromatic carbocycles. The molecule has 0 atom stereocenters. The van der Waals surface area contributed by atoms with Crippen molar-refractivity contribution in [3.8, 4) is 11.4 Å². The largest absolute Gasteiger partial charge is 0.369 e. The molecule has 0 unspecified atom stereocenters. The van der Waals surface area contributed by atoms with Crippen LogP contribution in [0.2, 0.25) is 0 Å². The highest BCUT2D eigenvalue weighted by atomic mass is 32.2. The zero-order valence-corrected chi connectivity index (χ0v) is 31.9. The smallest absolute Gasteiger partial charge is 0.209 e. The third-order valence-corrected chi connectivity index (χ3v) is 11.4. The van der Waals surface area contributed by atoms with Gasteiger partial charge in [-0.2, -0.15) is 11.8 Å². The average molecular weight is 802 g/mol. The molecule has 7 rings (SSSR count). The van der Waals surface area contributed by atoms with Gasteiger partial charge in [0.15, 0.2) is 0 Å². The molecule has 2 aliphatic rings. The number of aromatic nitrogens is 7. The second kappa shape index (κ2) is 17.6. The fraction of sp³-hybridized carbons (Fsp3) is 0.333. The van der Waals surface area contributed by atoms with E-state index in [1.54, 1.807) is 29.2 Å². The van der Waals surface area contributed by atoms with Gasteiger partial charge in [-0.05, 0) is 36.4 Å². The summed E-state index contributed by atoms with van der Waals surface area (Å²) in [5, 5.41) is 19.1. The van der Waals surface area contributed by atoms with Gasteiger partial charge in [0.05, 0.1) is 65.9 Å². The Morgan fingerprint density at radius 1 is 0.849 bits per heavy atom. The fourth-order valence-corrected chi connectivity index (χ4v) is 8.01. The molecule has 2 aliphatic heterocycles. The number of hydrogen-bond acceptors (Lipinski definition) is 12. The summed E-state index contributed by atoms with van der Waals surface area (Å²) in [6.07, 6.45) is 6.05. The van der Waals surface area contributed by atoms with Gasteiger partial charge < -0.3 is 15.1 Å². The van der Waals surface area contributed by atoms with E-state index in [4.69, 9.17) is 12.2 Å². The number of nitrogens with one attached hydrogen (secondary N) is 2. The Balaban J connectivity index is 0.000000183. The van der Waals surface area contributed by atoms with Crippen LogP contribution in [0.3, 0.4) is 0 Å². The van der Waals surface area contributed by atoms with E-state index in [0.717, 1.165) is 30.9 Å². The van der Waals surface area contributed by atoms with Crippen molar-refractivity contribution in [2.75, 3.05) is 65.2 Å². The molecule has 0 spiro atoms. The molecule has 0 saturated carbocycles. The SMILES string of the molecule is CS(=O)(=O)NCc1cn(-c2ccc(N3CCS(=O)CC3)c(F)c2)nn1.Fc1cc(-n2cc(CNC(=S)c3ccccn3)nn2)ccc1N1CCSCC1. The predicted molar refractivity (Wildman–Crippen MR) is 207 cm³/mol. The molecule has 14 nitrogen and oxygen atoms in total. The standard InChI is InChI=1S/C19H19FN6S2.C14H18FN5O3S2/c20-16-11-15(4-5-18(16)25-7-9-28-10-8-25)26-13-14(23-24-26)12-22-19(27)17-3-1-2-6-21-17;1-25(22,23)16-9-11-10-20(18-17-11)12-2-3-14(13(15)8-12)19-4-6-24(21)7-5-19/h1-6,11,13H,7-10,12H2,(H,22,27);2-3,8,10,16H,4-7,9H2,1H3. The minimum Gasteiger partial charge on any atom is -0.369 e. The Kier molecular flexibility index (Phi) is 12.8. The molecular weight excluding hydrogens is 765 g/mol. The Bertz CT molecular complexity index is 2150. The van der Waals surface area contributed by atoms with Gasteiger partial charge in [-0.3, -0.25) is 9.19 Å². The van der Waals surface area contributed by atoms with Crippen LogP contribution in [0.25, 0.3) is 11.4 Å². The fourth-order valence-electron chi connectivity index (χ4n) is 5.45. The quantitative estimate of drug-likeness (QED) is 0.199. The maximum absolute atomic E-state index is 14.6. The van der Waals surface area contributed by atoms with Crippen LogP contribution in [-0.2, 0) is 33.9 Å². The second-order valence-electron chi connectivity index (χ2n) is 12.0. The van der Waals surface area contributed by atoms with Crippen molar-refractivity contribution in [3.63, 3.8) is 0 Å². The number of thiocarbonyl (C=S) groups is 1. The number of benzene rings is 2. The number of rotatable bonds is 10. The second-order valence-corrected chi connectivity index (χ2v) is 17.2. The third kappa shape index (κ3) is 10.6. The van der Waals surface area contributed by atoms with Gasteiger partial charge in [-0.15, -0.1) is 10.2 Å². The van der Waals surface area contributed by atoms with Crippen molar-refractivity contribution in [3.05, 3.63) is 102 Å². The van der Waals surface area contributed by atoms with Crippen molar-refractivity contribution >= 4 is 61.2 Å². The zero-order valence-electron chi connectivity index (χ0n) is 28.6. The highest BCUT2D eigenvalue weighted by molar-refractivity contribution is 7.99. The molecule has 3 aromatic heterocycles. The van der Waals surface area contributed by atoms with Gasteiger partial charge in [0.25, 0.3) is 0 Å². The minimum absolute atomic E-state index is 0.0182. The molecular formula is C33H37F2N11O3S4. The number of hydrogen-bond donors (Lipinski definition) is 2. The van der Waals surface area contributed by atoms with Crippen LogP contribution < -0.4 is 19.8 Å². The van der Waals surface area contributed by atoms with Crippen LogP contribution in [-0.4, -0.2) is 108 Å². The van der Waals surface area contributed by atoms with Crippen molar-refractivity contribution in [1.82, 2.24) is 45.0 Å². The molecule has 2 N–H and O–H groups in total. The molecule has 0 amide bonds. The average Bonchev–Trinajstić information content (AvgIpc) is 3.85. The van der Waals surface area contributed by atoms with E-state index in [0.29, 0.717) is 76.0 Å². The molecule has 20 heteroatoms. The van der Waals surface area contributed by atoms with Crippen molar-refractivity contribution in [1.29, 1.82) is 0 Å². The molecule has 5 heterocycles. The topological polar surface area (TPSA) is 156 Å². The summed E-state index contributed by atoms with van der Waals surface area (Å²) in [5.41, 5.74) is 4.08. The number of nitrogens with zero attached hydrogens (tertiary/aromatic N) is 9. The van der Waals surface area contributed by atoms with Crippen LogP contribution in [0.5, 0.6) is 0 Å². The molecule has 280 valence electrons. The number of anilines is 2. The van der Waals surface area contributed by atoms with E-state index in [1.165, 1.54) is 23.0 Å². The summed E-state index contributed by atoms with van der Waals surface area (Å²) in [5.74, 6) is 2.51. The van der Waals surface area contributed by atoms with E-state index in [-0.39, 0.29) is 12.4 Å². The zero-order chi connectivity index (χ0) is 37.4. The maximum Gasteiger partial charge on any atom is 0.209 e. The van der Waals surface area contributed by atoms with Crippen molar-refractivity contribution in [2.24, 2.45) is 0 Å². The van der Waals surface area contributed by atoms with E-state index in [9.17, 15) is 21.4 Å². The van der Waals surface area contributed by atoms with Crippen LogP contribution in [0.1, 0.15) is 17.1 Å². The molecule has 0 bridgehead atoms. The van der Waals surface area contributed by atoms with Crippen LogP contribution in [0.4, 0.5) is 20.2 Å².